The highest BCUT2D eigenvalue weighted by Gasteiger charge is 2.49. The number of hydrogen-bond acceptors (Lipinski definition) is 4. The first-order chi connectivity index (χ1) is 10.9. The van der Waals surface area contributed by atoms with E-state index in [1.54, 1.807) is 6.20 Å². The number of methoxy groups -OCH3 is 1. The molecule has 7 heteroatoms. The number of carbonyl (C=O) groups is 1. The van der Waals surface area contributed by atoms with Crippen molar-refractivity contribution in [2.24, 2.45) is 11.3 Å². The van der Waals surface area contributed by atoms with Crippen LogP contribution in [0.1, 0.15) is 44.9 Å². The van der Waals surface area contributed by atoms with Gasteiger partial charge in [0.05, 0.1) is 12.5 Å². The summed E-state index contributed by atoms with van der Waals surface area (Å²) in [6.45, 7) is 4.17. The van der Waals surface area contributed by atoms with Crippen molar-refractivity contribution >= 4 is 39.0 Å². The van der Waals surface area contributed by atoms with Crippen molar-refractivity contribution in [3.05, 3.63) is 28.0 Å². The lowest BCUT2D eigenvalue weighted by Crippen LogP contribution is -2.35. The van der Waals surface area contributed by atoms with Crippen LogP contribution in [0, 0.1) is 11.3 Å². The molecule has 0 bridgehead atoms. The van der Waals surface area contributed by atoms with Crippen molar-refractivity contribution in [1.82, 2.24) is 14.4 Å². The third kappa shape index (κ3) is 2.56. The minimum absolute atomic E-state index is 0.116. The van der Waals surface area contributed by atoms with Crippen LogP contribution in [0.15, 0.2) is 17.0 Å². The summed E-state index contributed by atoms with van der Waals surface area (Å²) in [6.07, 6.45) is 5.98. The fourth-order valence-electron chi connectivity index (χ4n) is 3.72. The number of ether oxygens (including phenoxy) is 1. The first-order valence-corrected chi connectivity index (χ1v) is 8.84. The third-order valence-electron chi connectivity index (χ3n) is 5.11. The van der Waals surface area contributed by atoms with E-state index in [1.165, 1.54) is 7.11 Å². The average Bonchev–Trinajstić information content (AvgIpc) is 3.10. The van der Waals surface area contributed by atoms with Crippen molar-refractivity contribution < 1.29 is 9.53 Å². The van der Waals surface area contributed by atoms with E-state index >= 15 is 0 Å². The van der Waals surface area contributed by atoms with E-state index in [4.69, 9.17) is 16.3 Å². The van der Waals surface area contributed by atoms with Gasteiger partial charge in [0.2, 0.25) is 0 Å². The highest BCUT2D eigenvalue weighted by atomic mass is 79.9. The first kappa shape index (κ1) is 16.7. The lowest BCUT2D eigenvalue weighted by molar-refractivity contribution is -0.155. The summed E-state index contributed by atoms with van der Waals surface area (Å²) in [5.41, 5.74) is 0.332. The summed E-state index contributed by atoms with van der Waals surface area (Å²) >= 11 is 9.65. The number of aromatic nitrogens is 3. The van der Waals surface area contributed by atoms with Gasteiger partial charge in [0, 0.05) is 18.3 Å². The molecule has 0 aliphatic heterocycles. The Morgan fingerprint density at radius 1 is 1.57 bits per heavy atom. The van der Waals surface area contributed by atoms with Crippen LogP contribution in [0.5, 0.6) is 0 Å². The van der Waals surface area contributed by atoms with E-state index in [0.29, 0.717) is 9.76 Å². The van der Waals surface area contributed by atoms with Gasteiger partial charge < -0.3 is 4.74 Å². The van der Waals surface area contributed by atoms with Crippen molar-refractivity contribution in [3.63, 3.8) is 0 Å². The fraction of sp³-hybridized carbons (Fsp3) is 0.562. The Hall–Kier alpha value is -1.14. The highest BCUT2D eigenvalue weighted by Crippen LogP contribution is 2.51. The summed E-state index contributed by atoms with van der Waals surface area (Å²) in [6, 6.07) is 0. The molecule has 2 atom stereocenters. The zero-order valence-corrected chi connectivity index (χ0v) is 15.7. The molecule has 1 aliphatic rings. The van der Waals surface area contributed by atoms with Gasteiger partial charge in [0.1, 0.15) is 15.9 Å². The van der Waals surface area contributed by atoms with Gasteiger partial charge in [-0.15, -0.1) is 0 Å². The number of imidazole rings is 1. The van der Waals surface area contributed by atoms with Crippen LogP contribution >= 0.6 is 27.5 Å². The molecule has 23 heavy (non-hydrogen) atoms. The second kappa shape index (κ2) is 6.06. The van der Waals surface area contributed by atoms with Crippen LogP contribution in [-0.2, 0) is 9.53 Å². The van der Waals surface area contributed by atoms with Crippen LogP contribution in [-0.4, -0.2) is 27.4 Å². The Bertz CT molecular complexity index is 761. The van der Waals surface area contributed by atoms with Crippen molar-refractivity contribution in [2.45, 2.75) is 39.0 Å². The van der Waals surface area contributed by atoms with E-state index < -0.39 is 5.41 Å². The summed E-state index contributed by atoms with van der Waals surface area (Å²) in [4.78, 5) is 21.1. The Balaban J connectivity index is 2.02. The molecule has 0 spiro atoms. The molecule has 0 aromatic carbocycles. The van der Waals surface area contributed by atoms with Crippen molar-refractivity contribution in [3.8, 4) is 0 Å². The van der Waals surface area contributed by atoms with Gasteiger partial charge in [-0.1, -0.05) is 25.4 Å². The van der Waals surface area contributed by atoms with Crippen LogP contribution < -0.4 is 0 Å². The van der Waals surface area contributed by atoms with Gasteiger partial charge in [-0.3, -0.25) is 9.20 Å². The number of carbonyl (C=O) groups excluding carboxylic acids is 1. The number of fused-ring (bicyclic) bond motifs is 1. The molecule has 2 aromatic rings. The molecule has 124 valence electrons. The second-order valence-electron chi connectivity index (χ2n) is 6.44. The van der Waals surface area contributed by atoms with Gasteiger partial charge in [-0.2, -0.15) is 0 Å². The summed E-state index contributed by atoms with van der Waals surface area (Å²) < 4.78 is 7.74. The average molecular weight is 401 g/mol. The van der Waals surface area contributed by atoms with Crippen molar-refractivity contribution in [1.29, 1.82) is 0 Å². The van der Waals surface area contributed by atoms with Crippen LogP contribution in [0.2, 0.25) is 5.15 Å². The van der Waals surface area contributed by atoms with E-state index in [2.05, 4.69) is 39.7 Å². The van der Waals surface area contributed by atoms with E-state index in [-0.39, 0.29) is 17.8 Å². The smallest absolute Gasteiger partial charge is 0.312 e. The Labute approximate surface area is 148 Å². The van der Waals surface area contributed by atoms with Crippen LogP contribution in [0.3, 0.4) is 0 Å². The SMILES string of the molecule is COC(=O)C1(C(C)C)CCC(c2nc(Br)c3c(Cl)nccn23)C1. The molecule has 5 nitrogen and oxygen atoms in total. The largest absolute Gasteiger partial charge is 0.469 e. The molecule has 3 rings (SSSR count). The molecule has 1 fully saturated rings. The monoisotopic (exact) mass is 399 g/mol. The molecule has 0 radical (unpaired) electrons. The third-order valence-corrected chi connectivity index (χ3v) is 5.94. The normalized spacial score (nSPS) is 24.5. The first-order valence-electron chi connectivity index (χ1n) is 7.67. The topological polar surface area (TPSA) is 56.5 Å². The Kier molecular flexibility index (Phi) is 4.40. The molecule has 0 amide bonds. The Morgan fingerprint density at radius 3 is 2.96 bits per heavy atom. The number of rotatable bonds is 3. The van der Waals surface area contributed by atoms with Gasteiger partial charge >= 0.3 is 5.97 Å². The summed E-state index contributed by atoms with van der Waals surface area (Å²) in [7, 11) is 1.47. The maximum Gasteiger partial charge on any atom is 0.312 e. The highest BCUT2D eigenvalue weighted by molar-refractivity contribution is 9.10. The number of nitrogens with zero attached hydrogens (tertiary/aromatic N) is 3. The molecular weight excluding hydrogens is 382 g/mol. The van der Waals surface area contributed by atoms with Crippen molar-refractivity contribution in [2.75, 3.05) is 7.11 Å². The minimum atomic E-state index is -0.436. The van der Waals surface area contributed by atoms with E-state index in [9.17, 15) is 4.79 Å². The molecule has 1 aliphatic carbocycles. The zero-order valence-electron chi connectivity index (χ0n) is 13.3. The van der Waals surface area contributed by atoms with Gasteiger partial charge in [-0.25, -0.2) is 9.97 Å². The van der Waals surface area contributed by atoms with E-state index in [0.717, 1.165) is 30.6 Å². The molecule has 0 saturated heterocycles. The lowest BCUT2D eigenvalue weighted by atomic mass is 9.75. The maximum absolute atomic E-state index is 12.4. The van der Waals surface area contributed by atoms with Gasteiger partial charge in [-0.05, 0) is 41.1 Å². The van der Waals surface area contributed by atoms with Crippen LogP contribution in [0.4, 0.5) is 0 Å². The molecule has 2 heterocycles. The maximum atomic E-state index is 12.4. The molecule has 2 unspecified atom stereocenters. The second-order valence-corrected chi connectivity index (χ2v) is 7.55. The number of hydrogen-bond donors (Lipinski definition) is 0. The van der Waals surface area contributed by atoms with Crippen LogP contribution in [0.25, 0.3) is 5.52 Å². The van der Waals surface area contributed by atoms with E-state index in [1.807, 2.05) is 10.6 Å². The number of halogens is 2. The fourth-order valence-corrected chi connectivity index (χ4v) is 4.63. The molecule has 2 aromatic heterocycles. The Morgan fingerprint density at radius 2 is 2.30 bits per heavy atom. The molecule has 1 saturated carbocycles. The summed E-state index contributed by atoms with van der Waals surface area (Å²) in [5.74, 6) is 1.21. The summed E-state index contributed by atoms with van der Waals surface area (Å²) in [5, 5.41) is 0.416. The molecule has 0 N–H and O–H groups in total. The number of esters is 1. The standard InChI is InChI=1S/C16H19BrClN3O2/c1-9(2)16(15(22)23-3)5-4-10(8-16)14-20-12(17)11-13(18)19-6-7-21(11)14/h6-7,9-10H,4-5,8H2,1-3H3. The van der Waals surface area contributed by atoms with Gasteiger partial charge in [0.15, 0.2) is 5.15 Å². The quantitative estimate of drug-likeness (QED) is 0.724. The zero-order chi connectivity index (χ0) is 16.8. The molecular formula is C16H19BrClN3O2. The predicted octanol–water partition coefficient (Wildman–Crippen LogP) is 4.23. The lowest BCUT2D eigenvalue weighted by Gasteiger charge is -2.30. The van der Waals surface area contributed by atoms with Gasteiger partial charge in [0.25, 0.3) is 0 Å². The predicted molar refractivity (Wildman–Crippen MR) is 91.6 cm³/mol. The minimum Gasteiger partial charge on any atom is -0.469 e.